The van der Waals surface area contributed by atoms with Crippen LogP contribution in [0.2, 0.25) is 5.02 Å². The number of thiocarbonyl (C=S) groups is 1. The van der Waals surface area contributed by atoms with E-state index in [-0.39, 0.29) is 16.5 Å². The lowest BCUT2D eigenvalue weighted by Crippen LogP contribution is -2.31. The molecule has 0 spiro atoms. The number of furan rings is 1. The van der Waals surface area contributed by atoms with Gasteiger partial charge < -0.3 is 19.1 Å². The molecule has 1 amide bonds. The second-order valence-corrected chi connectivity index (χ2v) is 7.59. The Kier molecular flexibility index (Phi) is 6.01. The molecule has 0 radical (unpaired) electrons. The molecule has 1 aliphatic rings. The lowest BCUT2D eigenvalue weighted by molar-refractivity contribution is -0.255. The minimum atomic E-state index is -1.37. The summed E-state index contributed by atoms with van der Waals surface area (Å²) in [5.41, 5.74) is 0.414. The van der Waals surface area contributed by atoms with Crippen LogP contribution in [-0.4, -0.2) is 41.4 Å². The summed E-state index contributed by atoms with van der Waals surface area (Å²) < 4.78 is 11.2. The normalized spacial score (nSPS) is 15.8. The van der Waals surface area contributed by atoms with Gasteiger partial charge in [0, 0.05) is 29.3 Å². The van der Waals surface area contributed by atoms with Crippen molar-refractivity contribution in [2.75, 3.05) is 20.3 Å². The van der Waals surface area contributed by atoms with Gasteiger partial charge in [0.15, 0.2) is 0 Å². The first-order chi connectivity index (χ1) is 12.9. The molecular weight excluding hydrogens is 410 g/mol. The molecule has 0 N–H and O–H groups in total. The van der Waals surface area contributed by atoms with Crippen LogP contribution in [-0.2, 0) is 9.53 Å². The van der Waals surface area contributed by atoms with Crippen LogP contribution in [0.3, 0.4) is 0 Å². The van der Waals surface area contributed by atoms with E-state index >= 15 is 0 Å². The van der Waals surface area contributed by atoms with E-state index in [1.165, 1.54) is 28.8 Å². The number of hydrogen-bond acceptors (Lipinski definition) is 7. The van der Waals surface area contributed by atoms with E-state index in [4.69, 9.17) is 33.0 Å². The minimum absolute atomic E-state index is 0.0882. The fraction of sp³-hybridized carbons (Fsp3) is 0.167. The monoisotopic (exact) mass is 422 g/mol. The number of rotatable bonds is 6. The van der Waals surface area contributed by atoms with Crippen molar-refractivity contribution in [3.8, 4) is 11.3 Å². The number of aromatic carboxylic acids is 1. The third-order valence-electron chi connectivity index (χ3n) is 3.76. The molecule has 1 aliphatic heterocycles. The number of ether oxygens (including phenoxy) is 1. The van der Waals surface area contributed by atoms with Gasteiger partial charge in [-0.25, -0.2) is 0 Å². The number of halogens is 1. The average molecular weight is 423 g/mol. The molecule has 1 saturated heterocycles. The Morgan fingerprint density at radius 3 is 2.89 bits per heavy atom. The van der Waals surface area contributed by atoms with E-state index < -0.39 is 5.97 Å². The Hall–Kier alpha value is -2.13. The van der Waals surface area contributed by atoms with E-state index in [0.717, 1.165) is 0 Å². The van der Waals surface area contributed by atoms with E-state index in [1.807, 2.05) is 0 Å². The van der Waals surface area contributed by atoms with Crippen molar-refractivity contribution in [3.05, 3.63) is 51.6 Å². The number of methoxy groups -OCH3 is 1. The average Bonchev–Trinajstić information content (AvgIpc) is 3.19. The van der Waals surface area contributed by atoms with Crippen molar-refractivity contribution in [2.24, 2.45) is 0 Å². The Morgan fingerprint density at radius 2 is 2.19 bits per heavy atom. The fourth-order valence-electron chi connectivity index (χ4n) is 2.43. The van der Waals surface area contributed by atoms with Gasteiger partial charge in [0.05, 0.1) is 24.0 Å². The van der Waals surface area contributed by atoms with Crippen LogP contribution in [0, 0.1) is 0 Å². The van der Waals surface area contributed by atoms with Crippen LogP contribution in [0.5, 0.6) is 0 Å². The molecule has 0 atom stereocenters. The van der Waals surface area contributed by atoms with Crippen LogP contribution in [0.25, 0.3) is 17.4 Å². The van der Waals surface area contributed by atoms with Crippen molar-refractivity contribution in [2.45, 2.75) is 0 Å². The molecule has 9 heteroatoms. The molecule has 0 bridgehead atoms. The van der Waals surface area contributed by atoms with Crippen LogP contribution in [0.1, 0.15) is 16.1 Å². The molecule has 3 rings (SSSR count). The third-order valence-corrected chi connectivity index (χ3v) is 5.47. The molecule has 0 aliphatic carbocycles. The van der Waals surface area contributed by atoms with Crippen LogP contribution in [0.15, 0.2) is 39.7 Å². The van der Waals surface area contributed by atoms with E-state index in [0.29, 0.717) is 39.5 Å². The standard InChI is InChI=1S/C18H14ClNO5S2/c1-24-7-6-20-16(21)15(27-18(20)26)9-11-3-5-14(25-11)10-2-4-13(19)12(8-10)17(22)23/h2-5,8-9H,6-7H2,1H3,(H,22,23)/p-1/b15-9-. The maximum absolute atomic E-state index is 12.4. The summed E-state index contributed by atoms with van der Waals surface area (Å²) in [5, 5.41) is 11.2. The molecule has 1 aromatic carbocycles. The Labute approximate surface area is 169 Å². The number of carbonyl (C=O) groups excluding carboxylic acids is 2. The van der Waals surface area contributed by atoms with Crippen LogP contribution < -0.4 is 5.11 Å². The highest BCUT2D eigenvalue weighted by Gasteiger charge is 2.31. The molecule has 6 nitrogen and oxygen atoms in total. The summed E-state index contributed by atoms with van der Waals surface area (Å²) in [6, 6.07) is 7.85. The number of thioether (sulfide) groups is 1. The molecule has 2 aromatic rings. The summed E-state index contributed by atoms with van der Waals surface area (Å²) in [7, 11) is 1.56. The van der Waals surface area contributed by atoms with Crippen molar-refractivity contribution in [1.29, 1.82) is 0 Å². The zero-order chi connectivity index (χ0) is 19.6. The number of benzene rings is 1. The van der Waals surface area contributed by atoms with Gasteiger partial charge in [-0.3, -0.25) is 9.69 Å². The highest BCUT2D eigenvalue weighted by Crippen LogP contribution is 2.34. The molecule has 0 unspecified atom stereocenters. The highest BCUT2D eigenvalue weighted by molar-refractivity contribution is 8.26. The van der Waals surface area contributed by atoms with Crippen molar-refractivity contribution >= 4 is 57.9 Å². The number of amides is 1. The smallest absolute Gasteiger partial charge is 0.266 e. The first-order valence-corrected chi connectivity index (χ1v) is 9.36. The van der Waals surface area contributed by atoms with Gasteiger partial charge in [-0.1, -0.05) is 35.6 Å². The van der Waals surface area contributed by atoms with E-state index in [2.05, 4.69) is 0 Å². The van der Waals surface area contributed by atoms with Gasteiger partial charge in [-0.15, -0.1) is 0 Å². The van der Waals surface area contributed by atoms with Crippen molar-refractivity contribution in [1.82, 2.24) is 4.90 Å². The first-order valence-electron chi connectivity index (χ1n) is 7.76. The summed E-state index contributed by atoms with van der Waals surface area (Å²) in [6.45, 7) is 0.778. The minimum Gasteiger partial charge on any atom is -0.545 e. The number of carboxylic acid groups (broad SMARTS) is 1. The maximum Gasteiger partial charge on any atom is 0.266 e. The zero-order valence-electron chi connectivity index (χ0n) is 14.1. The Bertz CT molecular complexity index is 953. The summed E-state index contributed by atoms with van der Waals surface area (Å²) in [4.78, 5) is 25.5. The quantitative estimate of drug-likeness (QED) is 0.522. The summed E-state index contributed by atoms with van der Waals surface area (Å²) in [5.74, 6) is -0.684. The van der Waals surface area contributed by atoms with Gasteiger partial charge in [-0.2, -0.15) is 0 Å². The number of carboxylic acids is 1. The van der Waals surface area contributed by atoms with Gasteiger partial charge >= 0.3 is 0 Å². The molecule has 27 heavy (non-hydrogen) atoms. The SMILES string of the molecule is COCCN1C(=O)/C(=C/c2ccc(-c3ccc(Cl)c(C(=O)[O-])c3)o2)SC1=S. The fourth-order valence-corrected chi connectivity index (χ4v) is 3.91. The molecule has 1 fully saturated rings. The van der Waals surface area contributed by atoms with Gasteiger partial charge in [0.25, 0.3) is 5.91 Å². The van der Waals surface area contributed by atoms with Gasteiger partial charge in [0.1, 0.15) is 15.8 Å². The lowest BCUT2D eigenvalue weighted by Gasteiger charge is -2.12. The van der Waals surface area contributed by atoms with Gasteiger partial charge in [0.2, 0.25) is 0 Å². The predicted octanol–water partition coefficient (Wildman–Crippen LogP) is 2.81. The maximum atomic E-state index is 12.4. The second-order valence-electron chi connectivity index (χ2n) is 5.51. The highest BCUT2D eigenvalue weighted by atomic mass is 35.5. The largest absolute Gasteiger partial charge is 0.545 e. The third kappa shape index (κ3) is 4.24. The molecular formula is C18H13ClNO5S2-. The molecule has 2 heterocycles. The Morgan fingerprint density at radius 1 is 1.41 bits per heavy atom. The predicted molar refractivity (Wildman–Crippen MR) is 105 cm³/mol. The second kappa shape index (κ2) is 8.26. The number of nitrogens with zero attached hydrogens (tertiary/aromatic N) is 1. The number of carbonyl (C=O) groups is 2. The van der Waals surface area contributed by atoms with E-state index in [9.17, 15) is 14.7 Å². The summed E-state index contributed by atoms with van der Waals surface area (Å²) in [6.07, 6.45) is 1.60. The summed E-state index contributed by atoms with van der Waals surface area (Å²) >= 11 is 12.3. The topological polar surface area (TPSA) is 82.8 Å². The van der Waals surface area contributed by atoms with Crippen LogP contribution in [0.4, 0.5) is 0 Å². The van der Waals surface area contributed by atoms with Crippen LogP contribution >= 0.6 is 35.6 Å². The van der Waals surface area contributed by atoms with Crippen molar-refractivity contribution < 1.29 is 23.8 Å². The lowest BCUT2D eigenvalue weighted by atomic mass is 10.1. The Balaban J connectivity index is 1.84. The molecule has 0 saturated carbocycles. The van der Waals surface area contributed by atoms with Gasteiger partial charge in [-0.05, 0) is 30.3 Å². The van der Waals surface area contributed by atoms with E-state index in [1.54, 1.807) is 31.4 Å². The number of hydrogen-bond donors (Lipinski definition) is 0. The molecule has 140 valence electrons. The zero-order valence-corrected chi connectivity index (χ0v) is 16.5. The van der Waals surface area contributed by atoms with Crippen molar-refractivity contribution in [3.63, 3.8) is 0 Å². The molecule has 1 aromatic heterocycles. The first kappa shape index (κ1) is 19.6.